The van der Waals surface area contributed by atoms with Crippen LogP contribution >= 0.6 is 12.4 Å². The van der Waals surface area contributed by atoms with Gasteiger partial charge in [0.1, 0.15) is 5.41 Å². The molecule has 2 bridgehead atoms. The van der Waals surface area contributed by atoms with E-state index in [0.29, 0.717) is 26.1 Å². The zero-order valence-electron chi connectivity index (χ0n) is 12.3. The third kappa shape index (κ3) is 2.36. The molecule has 4 nitrogen and oxygen atoms in total. The van der Waals surface area contributed by atoms with Crippen LogP contribution in [0.3, 0.4) is 0 Å². The van der Waals surface area contributed by atoms with E-state index in [1.807, 2.05) is 31.3 Å². The summed E-state index contributed by atoms with van der Waals surface area (Å²) in [5.74, 6) is -0.535. The molecule has 1 aliphatic heterocycles. The van der Waals surface area contributed by atoms with Crippen molar-refractivity contribution in [1.82, 2.24) is 4.90 Å². The van der Waals surface area contributed by atoms with Crippen molar-refractivity contribution in [3.05, 3.63) is 35.4 Å². The molecule has 5 heteroatoms. The number of likely N-dealkylation sites (tertiary alicyclic amines) is 1. The van der Waals surface area contributed by atoms with Gasteiger partial charge in [-0.25, -0.2) is 0 Å². The molecule has 2 atom stereocenters. The van der Waals surface area contributed by atoms with Gasteiger partial charge in [0.15, 0.2) is 5.78 Å². The second-order valence-electron chi connectivity index (χ2n) is 5.79. The number of hydrogen-bond donors (Lipinski definition) is 0. The highest BCUT2D eigenvalue weighted by atomic mass is 35.5. The highest BCUT2D eigenvalue weighted by Gasteiger charge is 2.56. The zero-order valence-corrected chi connectivity index (χ0v) is 13.1. The number of Topliss-reactive ketones (excluding diaryl/α,β-unsaturated/α-hetero) is 1. The number of carbonyl (C=O) groups excluding carboxylic acids is 2. The first-order valence-corrected chi connectivity index (χ1v) is 7.06. The average Bonchev–Trinajstić information content (AvgIpc) is 2.41. The molecule has 0 N–H and O–H groups in total. The summed E-state index contributed by atoms with van der Waals surface area (Å²) in [6, 6.07) is 7.95. The van der Waals surface area contributed by atoms with E-state index >= 15 is 0 Å². The van der Waals surface area contributed by atoms with Crippen LogP contribution in [-0.2, 0) is 20.7 Å². The minimum absolute atomic E-state index is 0. The standard InChI is InChI=1S/C16H19NO3.ClH/c1-3-20-15(19)16-8-11-6-4-5-7-12(11)13(14(16)18)9-17(2)10-16;/h4-7,13H,3,8-10H2,1-2H3;1H/t13-,16+;/m0./s1. The van der Waals surface area contributed by atoms with Crippen LogP contribution in [0.4, 0.5) is 0 Å². The van der Waals surface area contributed by atoms with E-state index in [-0.39, 0.29) is 30.1 Å². The lowest BCUT2D eigenvalue weighted by Crippen LogP contribution is -2.59. The minimum atomic E-state index is -1.01. The van der Waals surface area contributed by atoms with E-state index in [1.165, 1.54) is 0 Å². The number of esters is 1. The Labute approximate surface area is 130 Å². The third-order valence-corrected chi connectivity index (χ3v) is 4.41. The fraction of sp³-hybridized carbons (Fsp3) is 0.500. The summed E-state index contributed by atoms with van der Waals surface area (Å²) in [5.41, 5.74) is 1.17. The van der Waals surface area contributed by atoms with Crippen LogP contribution in [0.2, 0.25) is 0 Å². The van der Waals surface area contributed by atoms with Gasteiger partial charge in [0, 0.05) is 13.1 Å². The van der Waals surface area contributed by atoms with Crippen molar-refractivity contribution in [2.45, 2.75) is 19.3 Å². The van der Waals surface area contributed by atoms with E-state index in [1.54, 1.807) is 6.92 Å². The van der Waals surface area contributed by atoms with Gasteiger partial charge in [-0.3, -0.25) is 9.59 Å². The topological polar surface area (TPSA) is 46.6 Å². The van der Waals surface area contributed by atoms with Crippen LogP contribution in [0.15, 0.2) is 24.3 Å². The number of benzene rings is 1. The molecule has 1 aromatic carbocycles. The molecule has 0 amide bonds. The maximum absolute atomic E-state index is 12.8. The molecule has 0 spiro atoms. The maximum atomic E-state index is 12.8. The number of halogens is 1. The number of ketones is 1. The normalized spacial score (nSPS) is 27.5. The summed E-state index contributed by atoms with van der Waals surface area (Å²) in [6.07, 6.45) is 0.460. The third-order valence-electron chi connectivity index (χ3n) is 4.41. The molecule has 0 aromatic heterocycles. The summed E-state index contributed by atoms with van der Waals surface area (Å²) in [5, 5.41) is 0. The van der Waals surface area contributed by atoms with Gasteiger partial charge >= 0.3 is 5.97 Å². The highest BCUT2D eigenvalue weighted by Crippen LogP contribution is 2.44. The Kier molecular flexibility index (Phi) is 4.40. The summed E-state index contributed by atoms with van der Waals surface area (Å²) in [4.78, 5) is 27.3. The van der Waals surface area contributed by atoms with Crippen molar-refractivity contribution >= 4 is 24.2 Å². The molecule has 0 radical (unpaired) electrons. The molecular formula is C16H20ClNO3. The Morgan fingerprint density at radius 3 is 2.86 bits per heavy atom. The Hall–Kier alpha value is -1.39. The van der Waals surface area contributed by atoms with Crippen molar-refractivity contribution in [3.8, 4) is 0 Å². The van der Waals surface area contributed by atoms with E-state index in [9.17, 15) is 9.59 Å². The predicted molar refractivity (Wildman–Crippen MR) is 81.7 cm³/mol. The van der Waals surface area contributed by atoms with E-state index in [0.717, 1.165) is 11.1 Å². The van der Waals surface area contributed by atoms with Gasteiger partial charge in [-0.1, -0.05) is 24.3 Å². The van der Waals surface area contributed by atoms with E-state index in [2.05, 4.69) is 4.90 Å². The molecule has 114 valence electrons. The smallest absolute Gasteiger partial charge is 0.321 e. The Bertz CT molecular complexity index is 574. The molecule has 1 aliphatic carbocycles. The van der Waals surface area contributed by atoms with Gasteiger partial charge in [-0.15, -0.1) is 12.4 Å². The van der Waals surface area contributed by atoms with Gasteiger partial charge in [0.05, 0.1) is 12.5 Å². The van der Waals surface area contributed by atoms with Crippen LogP contribution in [0, 0.1) is 5.41 Å². The maximum Gasteiger partial charge on any atom is 0.321 e. The van der Waals surface area contributed by atoms with Crippen LogP contribution < -0.4 is 0 Å². The molecule has 0 unspecified atom stereocenters. The van der Waals surface area contributed by atoms with Crippen molar-refractivity contribution in [2.75, 3.05) is 26.7 Å². The summed E-state index contributed by atoms with van der Waals surface area (Å²) in [6.45, 7) is 3.22. The molecule has 2 aliphatic rings. The first kappa shape index (κ1) is 16.0. The summed E-state index contributed by atoms with van der Waals surface area (Å²) in [7, 11) is 1.96. The lowest BCUT2D eigenvalue weighted by atomic mass is 9.63. The SMILES string of the molecule is CCOC(=O)[C@]12Cc3ccccc3[C@H](CN(C)C1)C2=O.Cl. The first-order valence-electron chi connectivity index (χ1n) is 7.06. The minimum Gasteiger partial charge on any atom is -0.465 e. The Balaban J connectivity index is 0.00000161. The monoisotopic (exact) mass is 309 g/mol. The van der Waals surface area contributed by atoms with Gasteiger partial charge in [-0.05, 0) is 31.5 Å². The van der Waals surface area contributed by atoms with Crippen LogP contribution in [0.25, 0.3) is 0 Å². The quantitative estimate of drug-likeness (QED) is 0.617. The fourth-order valence-electron chi connectivity index (χ4n) is 3.58. The fourth-order valence-corrected chi connectivity index (χ4v) is 3.58. The number of piperidine rings is 1. The largest absolute Gasteiger partial charge is 0.465 e. The number of fused-ring (bicyclic) bond motifs is 4. The zero-order chi connectivity index (χ0) is 14.3. The van der Waals surface area contributed by atoms with Crippen LogP contribution in [-0.4, -0.2) is 43.4 Å². The van der Waals surface area contributed by atoms with Crippen molar-refractivity contribution < 1.29 is 14.3 Å². The van der Waals surface area contributed by atoms with Gasteiger partial charge in [0.2, 0.25) is 0 Å². The van der Waals surface area contributed by atoms with Gasteiger partial charge < -0.3 is 9.64 Å². The number of likely N-dealkylation sites (N-methyl/N-ethyl adjacent to an activating group) is 1. The molecule has 3 rings (SSSR count). The second-order valence-corrected chi connectivity index (χ2v) is 5.79. The second kappa shape index (κ2) is 5.78. The Morgan fingerprint density at radius 1 is 1.43 bits per heavy atom. The Morgan fingerprint density at radius 2 is 2.14 bits per heavy atom. The summed E-state index contributed by atoms with van der Waals surface area (Å²) >= 11 is 0. The van der Waals surface area contributed by atoms with Crippen LogP contribution in [0.5, 0.6) is 0 Å². The van der Waals surface area contributed by atoms with Gasteiger partial charge in [-0.2, -0.15) is 0 Å². The number of ether oxygens (including phenoxy) is 1. The molecule has 1 fully saturated rings. The van der Waals surface area contributed by atoms with Gasteiger partial charge in [0.25, 0.3) is 0 Å². The lowest BCUT2D eigenvalue weighted by Gasteiger charge is -2.46. The van der Waals surface area contributed by atoms with E-state index < -0.39 is 5.41 Å². The van der Waals surface area contributed by atoms with E-state index in [4.69, 9.17) is 4.74 Å². The molecule has 1 saturated heterocycles. The molecule has 1 heterocycles. The van der Waals surface area contributed by atoms with Crippen molar-refractivity contribution in [2.24, 2.45) is 5.41 Å². The first-order chi connectivity index (χ1) is 9.58. The number of rotatable bonds is 2. The van der Waals surface area contributed by atoms with Crippen LogP contribution in [0.1, 0.15) is 24.0 Å². The lowest BCUT2D eigenvalue weighted by molar-refractivity contribution is -0.165. The average molecular weight is 310 g/mol. The number of hydrogen-bond acceptors (Lipinski definition) is 4. The number of nitrogens with zero attached hydrogens (tertiary/aromatic N) is 1. The van der Waals surface area contributed by atoms with Crippen molar-refractivity contribution in [1.29, 1.82) is 0 Å². The molecule has 1 aromatic rings. The molecule has 21 heavy (non-hydrogen) atoms. The predicted octanol–water partition coefficient (Wildman–Crippen LogP) is 1.81. The van der Waals surface area contributed by atoms with Crippen molar-refractivity contribution in [3.63, 3.8) is 0 Å². The highest BCUT2D eigenvalue weighted by molar-refractivity contribution is 6.09. The number of carbonyl (C=O) groups is 2. The molecular weight excluding hydrogens is 290 g/mol. The molecule has 0 saturated carbocycles. The summed E-state index contributed by atoms with van der Waals surface area (Å²) < 4.78 is 5.21.